The number of hydrogen-bond acceptors (Lipinski definition) is 4. The molecular weight excluding hydrogens is 273 g/mol. The lowest BCUT2D eigenvalue weighted by molar-refractivity contribution is 0.0775. The summed E-state index contributed by atoms with van der Waals surface area (Å²) in [6.45, 7) is 4.69. The number of nitrogens with zero attached hydrogens (tertiary/aromatic N) is 2. The van der Waals surface area contributed by atoms with Crippen molar-refractivity contribution in [3.05, 3.63) is 23.6 Å². The number of likely N-dealkylation sites (tertiary alicyclic amines) is 1. The molecule has 1 atom stereocenters. The maximum absolute atomic E-state index is 13.4. The Balaban J connectivity index is 2.12. The van der Waals surface area contributed by atoms with Gasteiger partial charge in [0, 0.05) is 32.7 Å². The Morgan fingerprint density at radius 1 is 1.62 bits per heavy atom. The number of amides is 1. The predicted octanol–water partition coefficient (Wildman–Crippen LogP) is 2.15. The number of nitrogens with one attached hydrogen (secondary N) is 1. The van der Waals surface area contributed by atoms with Crippen LogP contribution in [0.5, 0.6) is 0 Å². The fraction of sp³-hybridized carbons (Fsp3) is 0.600. The number of anilines is 1. The molecule has 0 saturated carbocycles. The summed E-state index contributed by atoms with van der Waals surface area (Å²) in [6.07, 6.45) is 2.96. The highest BCUT2D eigenvalue weighted by Gasteiger charge is 2.28. The zero-order valence-corrected chi connectivity index (χ0v) is 12.6. The van der Waals surface area contributed by atoms with Crippen LogP contribution in [-0.4, -0.2) is 49.1 Å². The number of ether oxygens (including phenoxy) is 1. The highest BCUT2D eigenvalue weighted by Crippen LogP contribution is 2.22. The Labute approximate surface area is 124 Å². The second-order valence-corrected chi connectivity index (χ2v) is 5.34. The third kappa shape index (κ3) is 3.91. The van der Waals surface area contributed by atoms with E-state index in [1.54, 1.807) is 12.0 Å². The SMILES string of the molecule is CCCNc1ncc(F)cc1C(=O)N1CCC(COC)C1. The van der Waals surface area contributed by atoms with Gasteiger partial charge >= 0.3 is 0 Å². The van der Waals surface area contributed by atoms with Gasteiger partial charge in [-0.25, -0.2) is 9.37 Å². The molecule has 116 valence electrons. The molecule has 1 aromatic heterocycles. The van der Waals surface area contributed by atoms with E-state index in [0.717, 1.165) is 19.0 Å². The summed E-state index contributed by atoms with van der Waals surface area (Å²) in [5.74, 6) is 0.151. The summed E-state index contributed by atoms with van der Waals surface area (Å²) in [7, 11) is 1.66. The number of halogens is 1. The molecule has 1 N–H and O–H groups in total. The van der Waals surface area contributed by atoms with Gasteiger partial charge in [-0.1, -0.05) is 6.92 Å². The first-order chi connectivity index (χ1) is 10.2. The number of pyridine rings is 1. The second kappa shape index (κ2) is 7.36. The van der Waals surface area contributed by atoms with Crippen LogP contribution in [0.2, 0.25) is 0 Å². The van der Waals surface area contributed by atoms with Gasteiger partial charge in [0.05, 0.1) is 18.4 Å². The van der Waals surface area contributed by atoms with Crippen LogP contribution in [0.15, 0.2) is 12.3 Å². The minimum Gasteiger partial charge on any atom is -0.384 e. The van der Waals surface area contributed by atoms with Gasteiger partial charge in [0.1, 0.15) is 11.6 Å². The van der Waals surface area contributed by atoms with Crippen molar-refractivity contribution in [2.24, 2.45) is 5.92 Å². The van der Waals surface area contributed by atoms with Crippen molar-refractivity contribution in [3.8, 4) is 0 Å². The number of carbonyl (C=O) groups excluding carboxylic acids is 1. The first-order valence-corrected chi connectivity index (χ1v) is 7.33. The molecule has 1 amide bonds. The number of rotatable bonds is 6. The fourth-order valence-electron chi connectivity index (χ4n) is 2.55. The average Bonchev–Trinajstić information content (AvgIpc) is 2.94. The van der Waals surface area contributed by atoms with Gasteiger partial charge < -0.3 is 15.0 Å². The van der Waals surface area contributed by atoms with E-state index >= 15 is 0 Å². The Morgan fingerprint density at radius 2 is 2.43 bits per heavy atom. The van der Waals surface area contributed by atoms with E-state index in [9.17, 15) is 9.18 Å². The van der Waals surface area contributed by atoms with Crippen molar-refractivity contribution in [2.75, 3.05) is 38.7 Å². The molecule has 0 bridgehead atoms. The van der Waals surface area contributed by atoms with E-state index in [1.807, 2.05) is 6.92 Å². The summed E-state index contributed by atoms with van der Waals surface area (Å²) < 4.78 is 18.6. The Morgan fingerprint density at radius 3 is 3.14 bits per heavy atom. The van der Waals surface area contributed by atoms with Gasteiger partial charge in [0.2, 0.25) is 0 Å². The van der Waals surface area contributed by atoms with Crippen molar-refractivity contribution in [1.82, 2.24) is 9.88 Å². The Bertz CT molecular complexity index is 496. The van der Waals surface area contributed by atoms with Crippen molar-refractivity contribution < 1.29 is 13.9 Å². The Kier molecular flexibility index (Phi) is 5.50. The average molecular weight is 295 g/mol. The van der Waals surface area contributed by atoms with E-state index < -0.39 is 5.82 Å². The standard InChI is InChI=1S/C15H22FN3O2/c1-3-5-17-14-13(7-12(16)8-18-14)15(20)19-6-4-11(9-19)10-21-2/h7-8,11H,3-6,9-10H2,1-2H3,(H,17,18). The van der Waals surface area contributed by atoms with E-state index in [4.69, 9.17) is 4.74 Å². The van der Waals surface area contributed by atoms with Gasteiger partial charge in [-0.15, -0.1) is 0 Å². The number of carbonyl (C=O) groups is 1. The van der Waals surface area contributed by atoms with Gasteiger partial charge in [0.25, 0.3) is 5.91 Å². The van der Waals surface area contributed by atoms with E-state index in [1.165, 1.54) is 6.07 Å². The zero-order chi connectivity index (χ0) is 15.2. The molecule has 2 rings (SSSR count). The third-order valence-corrected chi connectivity index (χ3v) is 3.60. The molecule has 5 nitrogen and oxygen atoms in total. The molecule has 0 spiro atoms. The smallest absolute Gasteiger partial charge is 0.257 e. The topological polar surface area (TPSA) is 54.5 Å². The minimum atomic E-state index is -0.493. The van der Waals surface area contributed by atoms with Crippen LogP contribution in [0.1, 0.15) is 30.1 Å². The third-order valence-electron chi connectivity index (χ3n) is 3.60. The fourth-order valence-corrected chi connectivity index (χ4v) is 2.55. The summed E-state index contributed by atoms with van der Waals surface area (Å²) in [4.78, 5) is 18.3. The molecule has 1 unspecified atom stereocenters. The lowest BCUT2D eigenvalue weighted by Gasteiger charge is -2.18. The predicted molar refractivity (Wildman–Crippen MR) is 78.9 cm³/mol. The molecule has 0 radical (unpaired) electrons. The van der Waals surface area contributed by atoms with Gasteiger partial charge in [-0.05, 0) is 18.9 Å². The van der Waals surface area contributed by atoms with Gasteiger partial charge in [0.15, 0.2) is 0 Å². The monoisotopic (exact) mass is 295 g/mol. The molecule has 6 heteroatoms. The summed E-state index contributed by atoms with van der Waals surface area (Å²) in [5, 5.41) is 3.08. The molecule has 0 aromatic carbocycles. The van der Waals surface area contributed by atoms with Gasteiger partial charge in [-0.2, -0.15) is 0 Å². The molecule has 0 aliphatic carbocycles. The zero-order valence-electron chi connectivity index (χ0n) is 12.6. The van der Waals surface area contributed by atoms with E-state index in [-0.39, 0.29) is 5.91 Å². The molecule has 1 aliphatic heterocycles. The summed E-state index contributed by atoms with van der Waals surface area (Å²) in [5.41, 5.74) is 0.307. The maximum Gasteiger partial charge on any atom is 0.257 e. The van der Waals surface area contributed by atoms with Gasteiger partial charge in [-0.3, -0.25) is 4.79 Å². The highest BCUT2D eigenvalue weighted by atomic mass is 19.1. The molecule has 2 heterocycles. The second-order valence-electron chi connectivity index (χ2n) is 5.34. The molecule has 1 aliphatic rings. The van der Waals surface area contributed by atoms with E-state index in [0.29, 0.717) is 43.5 Å². The Hall–Kier alpha value is -1.69. The molecule has 1 aromatic rings. The van der Waals surface area contributed by atoms with E-state index in [2.05, 4.69) is 10.3 Å². The first-order valence-electron chi connectivity index (χ1n) is 7.33. The maximum atomic E-state index is 13.4. The van der Waals surface area contributed by atoms with Crippen LogP contribution < -0.4 is 5.32 Å². The number of aromatic nitrogens is 1. The minimum absolute atomic E-state index is 0.167. The number of methoxy groups -OCH3 is 1. The summed E-state index contributed by atoms with van der Waals surface area (Å²) >= 11 is 0. The van der Waals surface area contributed by atoms with Crippen molar-refractivity contribution in [2.45, 2.75) is 19.8 Å². The quantitative estimate of drug-likeness (QED) is 0.873. The van der Waals surface area contributed by atoms with Crippen LogP contribution in [0, 0.1) is 11.7 Å². The summed E-state index contributed by atoms with van der Waals surface area (Å²) in [6, 6.07) is 1.26. The largest absolute Gasteiger partial charge is 0.384 e. The molecule has 1 saturated heterocycles. The highest BCUT2D eigenvalue weighted by molar-refractivity contribution is 5.98. The lowest BCUT2D eigenvalue weighted by atomic mass is 10.1. The van der Waals surface area contributed by atoms with Crippen LogP contribution in [-0.2, 0) is 4.74 Å². The molecule has 1 fully saturated rings. The van der Waals surface area contributed by atoms with Crippen LogP contribution in [0.4, 0.5) is 10.2 Å². The van der Waals surface area contributed by atoms with Crippen LogP contribution in [0.3, 0.4) is 0 Å². The lowest BCUT2D eigenvalue weighted by Crippen LogP contribution is -2.30. The van der Waals surface area contributed by atoms with Crippen molar-refractivity contribution in [1.29, 1.82) is 0 Å². The van der Waals surface area contributed by atoms with Crippen molar-refractivity contribution >= 4 is 11.7 Å². The van der Waals surface area contributed by atoms with Crippen LogP contribution in [0.25, 0.3) is 0 Å². The number of hydrogen-bond donors (Lipinski definition) is 1. The first kappa shape index (κ1) is 15.7. The molecular formula is C15H22FN3O2. The van der Waals surface area contributed by atoms with Crippen molar-refractivity contribution in [3.63, 3.8) is 0 Å². The molecule has 21 heavy (non-hydrogen) atoms. The van der Waals surface area contributed by atoms with Crippen LogP contribution >= 0.6 is 0 Å². The normalized spacial score (nSPS) is 18.0.